The molecule has 3 saturated carbocycles. The highest BCUT2D eigenvalue weighted by atomic mass is 35.5. The summed E-state index contributed by atoms with van der Waals surface area (Å²) in [5, 5.41) is 9.03. The van der Waals surface area contributed by atoms with Gasteiger partial charge in [-0.3, -0.25) is 14.2 Å². The Hall–Kier alpha value is -4.42. The van der Waals surface area contributed by atoms with Crippen LogP contribution in [0.3, 0.4) is 0 Å². The Labute approximate surface area is 327 Å². The van der Waals surface area contributed by atoms with Gasteiger partial charge in [-0.15, -0.1) is 0 Å². The summed E-state index contributed by atoms with van der Waals surface area (Å²) in [7, 11) is 1.38. The smallest absolute Gasteiger partial charge is 0.407 e. The number of aryl methyl sites for hydroxylation is 1. The number of nitrogens with one attached hydrogen (secondary N) is 3. The zero-order chi connectivity index (χ0) is 39.0. The van der Waals surface area contributed by atoms with Crippen molar-refractivity contribution >= 4 is 35.5 Å². The summed E-state index contributed by atoms with van der Waals surface area (Å²) in [5.41, 5.74) is 1.15. The van der Waals surface area contributed by atoms with Crippen LogP contribution >= 0.6 is 11.6 Å². The summed E-state index contributed by atoms with van der Waals surface area (Å²) >= 11 is 6.19. The van der Waals surface area contributed by atoms with Crippen molar-refractivity contribution in [2.45, 2.75) is 94.5 Å². The number of amides is 2. The average molecular weight is 798 g/mol. The second-order valence-electron chi connectivity index (χ2n) is 15.4. The number of hydrogen-bond acceptors (Lipinski definition) is 13. The molecule has 3 aromatic rings. The summed E-state index contributed by atoms with van der Waals surface area (Å²) < 4.78 is 39.0. The number of alkyl carbamates (subject to hydrolysis) is 1. The Balaban J connectivity index is 0.906. The number of fused-ring (bicyclic) bond motifs is 3. The molecular weight excluding hydrogens is 753 g/mol. The van der Waals surface area contributed by atoms with Crippen molar-refractivity contribution in [3.63, 3.8) is 0 Å². The predicted octanol–water partition coefficient (Wildman–Crippen LogP) is 5.08. The van der Waals surface area contributed by atoms with E-state index in [1.165, 1.54) is 31.8 Å². The maximum atomic E-state index is 14.5. The van der Waals surface area contributed by atoms with E-state index in [4.69, 9.17) is 40.3 Å². The highest BCUT2D eigenvalue weighted by molar-refractivity contribution is 6.30. The predicted molar refractivity (Wildman–Crippen MR) is 195 cm³/mol. The second kappa shape index (κ2) is 15.8. The zero-order valence-electron chi connectivity index (χ0n) is 31.1. The fraction of sp³-hybridized carbons (Fsp3) is 0.579. The van der Waals surface area contributed by atoms with Gasteiger partial charge in [0.15, 0.2) is 0 Å². The van der Waals surface area contributed by atoms with Crippen LogP contribution in [0, 0.1) is 30.5 Å². The third-order valence-corrected chi connectivity index (χ3v) is 11.7. The third kappa shape index (κ3) is 8.05. The minimum atomic E-state index is -1.13. The van der Waals surface area contributed by atoms with Gasteiger partial charge in [0.1, 0.15) is 29.8 Å². The summed E-state index contributed by atoms with van der Waals surface area (Å²) in [5.74, 6) is -2.88. The lowest BCUT2D eigenvalue weighted by Crippen LogP contribution is -2.48. The van der Waals surface area contributed by atoms with Crippen LogP contribution in [0.25, 0.3) is 5.82 Å². The van der Waals surface area contributed by atoms with Gasteiger partial charge in [-0.05, 0) is 75.1 Å². The molecule has 56 heavy (non-hydrogen) atoms. The van der Waals surface area contributed by atoms with Crippen LogP contribution in [0.5, 0.6) is 0 Å². The molecule has 2 aliphatic heterocycles. The van der Waals surface area contributed by atoms with Crippen LogP contribution in [0.2, 0.25) is 5.02 Å². The molecule has 300 valence electrons. The molecule has 0 radical (unpaired) electrons. The fourth-order valence-corrected chi connectivity index (χ4v) is 9.10. The molecule has 2 spiro atoms. The van der Waals surface area contributed by atoms with E-state index in [0.717, 1.165) is 37.3 Å². The Bertz CT molecular complexity index is 1950. The highest BCUT2D eigenvalue weighted by Gasteiger charge is 2.67. The molecule has 5 fully saturated rings. The van der Waals surface area contributed by atoms with Crippen molar-refractivity contribution in [1.29, 1.82) is 0 Å². The number of hydrogen-bond donors (Lipinski definition) is 3. The van der Waals surface area contributed by atoms with Gasteiger partial charge in [0.2, 0.25) is 17.5 Å². The first-order valence-electron chi connectivity index (χ1n) is 19.1. The number of carbonyl (C=O) groups is 3. The minimum absolute atomic E-state index is 0.0643. The topological polar surface area (TPSA) is 186 Å². The zero-order valence-corrected chi connectivity index (χ0v) is 31.9. The number of aromatic nitrogens is 4. The Morgan fingerprint density at radius 3 is 2.73 bits per heavy atom. The summed E-state index contributed by atoms with van der Waals surface area (Å²) in [4.78, 5) is 64.5. The average Bonchev–Trinajstić information content (AvgIpc) is 3.98. The van der Waals surface area contributed by atoms with Crippen LogP contribution in [0.4, 0.5) is 15.1 Å². The van der Waals surface area contributed by atoms with Crippen molar-refractivity contribution in [3.8, 4) is 5.82 Å². The summed E-state index contributed by atoms with van der Waals surface area (Å²) in [6, 6.07) is 3.16. The number of anilines is 1. The van der Waals surface area contributed by atoms with Crippen LogP contribution < -0.4 is 16.0 Å². The van der Waals surface area contributed by atoms with E-state index in [0.29, 0.717) is 56.2 Å². The van der Waals surface area contributed by atoms with Gasteiger partial charge in [-0.1, -0.05) is 11.6 Å². The maximum Gasteiger partial charge on any atom is 0.407 e. The first-order chi connectivity index (χ1) is 27.0. The first kappa shape index (κ1) is 38.5. The van der Waals surface area contributed by atoms with Crippen LogP contribution in [0.1, 0.15) is 85.4 Å². The molecule has 3 aliphatic carbocycles. The van der Waals surface area contributed by atoms with Gasteiger partial charge in [0.05, 0.1) is 19.1 Å². The van der Waals surface area contributed by atoms with Gasteiger partial charge in [-0.25, -0.2) is 19.2 Å². The largest absolute Gasteiger partial charge is 0.469 e. The molecule has 18 heteroatoms. The molecule has 3 N–H and O–H groups in total. The fourth-order valence-electron chi connectivity index (χ4n) is 8.87. The maximum absolute atomic E-state index is 14.5. The number of imidazole rings is 1. The van der Waals surface area contributed by atoms with Gasteiger partial charge >= 0.3 is 12.1 Å². The molecule has 2 saturated heterocycles. The molecule has 2 bridgehead atoms. The number of halogens is 2. The van der Waals surface area contributed by atoms with E-state index in [1.54, 1.807) is 10.8 Å². The minimum Gasteiger partial charge on any atom is -0.469 e. The number of rotatable bonds is 10. The summed E-state index contributed by atoms with van der Waals surface area (Å²) in [6.45, 7) is 3.03. The number of carbonyl (C=O) groups excluding carboxylic acids is 3. The van der Waals surface area contributed by atoms with E-state index in [1.807, 2.05) is 6.92 Å². The number of esters is 1. The highest BCUT2D eigenvalue weighted by Crippen LogP contribution is 2.61. The van der Waals surface area contributed by atoms with E-state index in [-0.39, 0.29) is 53.4 Å². The third-order valence-electron chi connectivity index (χ3n) is 11.5. The van der Waals surface area contributed by atoms with Crippen molar-refractivity contribution in [2.24, 2.45) is 17.8 Å². The Kier molecular flexibility index (Phi) is 10.9. The van der Waals surface area contributed by atoms with E-state index in [9.17, 15) is 18.8 Å². The number of methoxy groups -OCH3 is 1. The second-order valence-corrected chi connectivity index (χ2v) is 15.8. The molecule has 2 aromatic heterocycles. The van der Waals surface area contributed by atoms with Crippen LogP contribution in [0.15, 0.2) is 36.9 Å². The van der Waals surface area contributed by atoms with Crippen molar-refractivity contribution < 1.29 is 47.5 Å². The quantitative estimate of drug-likeness (QED) is 0.182. The van der Waals surface area contributed by atoms with Crippen LogP contribution in [-0.4, -0.2) is 88.1 Å². The molecule has 4 heterocycles. The lowest BCUT2D eigenvalue weighted by molar-refractivity contribution is -0.365. The standard InChI is InChI=1S/C38H45ClFN7O9/c1-21-17-41-35(44-26-5-8-52-9-6-26)46-32(21)47-19-31(43-20-47)33(48)45-30(23-12-24(39)14-25(40)13-23)18-42-36(50)53-27-4-3-7-37(16-27)54-38(56-55-37)15-22-10-28(29(38)11-22)34(49)51-2/h12-14,17,19-20,22,26-30H,3-11,15-16,18H2,1-2H3,(H,42,50)(H,45,48)(H,41,44,46)/t22-,27?,28-,29-,30-,37?,38+/m1/s1. The molecular formula is C38H45ClFN7O9. The molecule has 1 aromatic carbocycles. The van der Waals surface area contributed by atoms with Gasteiger partial charge in [-0.2, -0.15) is 14.8 Å². The van der Waals surface area contributed by atoms with Crippen molar-refractivity contribution in [3.05, 3.63) is 64.6 Å². The molecule has 7 atom stereocenters. The lowest BCUT2D eigenvalue weighted by Gasteiger charge is -2.38. The monoisotopic (exact) mass is 797 g/mol. The number of nitrogens with zero attached hydrogens (tertiary/aromatic N) is 4. The Morgan fingerprint density at radius 1 is 1.11 bits per heavy atom. The SMILES string of the molecule is COC(=O)[C@@H]1C[C@@H]2C[C@H]1[C@]1(C2)OOC2(CCCC(OC(=O)NC[C@@H](NC(=O)c3cn(-c4nc(NC5CCOCC5)ncc4C)cn3)c3cc(F)cc(Cl)c3)C2)O1. The van der Waals surface area contributed by atoms with Crippen LogP contribution in [-0.2, 0) is 33.5 Å². The summed E-state index contributed by atoms with van der Waals surface area (Å²) in [6.07, 6.45) is 9.17. The molecule has 16 nitrogen and oxygen atoms in total. The first-order valence-corrected chi connectivity index (χ1v) is 19.5. The molecule has 2 amide bonds. The van der Waals surface area contributed by atoms with Crippen molar-refractivity contribution in [1.82, 2.24) is 30.2 Å². The van der Waals surface area contributed by atoms with Gasteiger partial charge in [0.25, 0.3) is 5.91 Å². The van der Waals surface area contributed by atoms with E-state index in [2.05, 4.69) is 30.9 Å². The lowest BCUT2D eigenvalue weighted by atomic mass is 9.83. The van der Waals surface area contributed by atoms with Crippen molar-refractivity contribution in [2.75, 3.05) is 32.2 Å². The molecule has 5 aliphatic rings. The van der Waals surface area contributed by atoms with E-state index >= 15 is 0 Å². The Morgan fingerprint density at radius 2 is 1.95 bits per heavy atom. The molecule has 8 rings (SSSR count). The van der Waals surface area contributed by atoms with Gasteiger partial charge in [0, 0.05) is 74.0 Å². The van der Waals surface area contributed by atoms with Gasteiger partial charge < -0.3 is 34.9 Å². The number of ether oxygens (including phenoxy) is 4. The normalized spacial score (nSPS) is 29.0. The number of benzene rings is 1. The molecule has 2 unspecified atom stereocenters. The van der Waals surface area contributed by atoms with E-state index < -0.39 is 41.5 Å².